The van der Waals surface area contributed by atoms with Gasteiger partial charge in [0, 0.05) is 18.7 Å². The maximum atomic E-state index is 13.0. The molecule has 0 aliphatic carbocycles. The van der Waals surface area contributed by atoms with E-state index < -0.39 is 0 Å². The van der Waals surface area contributed by atoms with Crippen LogP contribution in [0.3, 0.4) is 0 Å². The number of aromatic amines is 1. The molecular formula is C18H16FN5O3S. The van der Waals surface area contributed by atoms with E-state index in [2.05, 4.69) is 19.9 Å². The van der Waals surface area contributed by atoms with Crippen LogP contribution in [0.5, 0.6) is 11.5 Å². The number of imidazole rings is 1. The molecule has 0 saturated heterocycles. The lowest BCUT2D eigenvalue weighted by Crippen LogP contribution is -2.12. The molecule has 8 nitrogen and oxygen atoms in total. The zero-order valence-electron chi connectivity index (χ0n) is 15.3. The summed E-state index contributed by atoms with van der Waals surface area (Å²) >= 11 is 0.0609. The van der Waals surface area contributed by atoms with Crippen molar-refractivity contribution >= 4 is 34.4 Å². The first-order valence-corrected chi connectivity index (χ1v) is 8.99. The Kier molecular flexibility index (Phi) is 4.63. The predicted octanol–water partition coefficient (Wildman–Crippen LogP) is 2.97. The van der Waals surface area contributed by atoms with Gasteiger partial charge in [0.25, 0.3) is 5.56 Å². The van der Waals surface area contributed by atoms with Crippen LogP contribution >= 0.6 is 12.3 Å². The molecule has 0 saturated carbocycles. The summed E-state index contributed by atoms with van der Waals surface area (Å²) in [6, 6.07) is 5.07. The Morgan fingerprint density at radius 2 is 1.89 bits per heavy atom. The Bertz CT molecular complexity index is 1250. The highest BCUT2D eigenvalue weighted by atomic mass is 32.2. The topological polar surface area (TPSA) is 94.9 Å². The van der Waals surface area contributed by atoms with Crippen LogP contribution in [0.1, 0.15) is 17.2 Å². The molecule has 0 unspecified atom stereocenters. The number of halogens is 1. The fourth-order valence-electron chi connectivity index (χ4n) is 3.07. The molecule has 1 aromatic carbocycles. The van der Waals surface area contributed by atoms with Crippen molar-refractivity contribution in [2.45, 2.75) is 13.3 Å². The maximum absolute atomic E-state index is 13.0. The number of aromatic nitrogens is 5. The molecule has 28 heavy (non-hydrogen) atoms. The highest BCUT2D eigenvalue weighted by Crippen LogP contribution is 2.30. The zero-order chi connectivity index (χ0) is 19.8. The molecule has 1 N–H and O–H groups in total. The number of hydrogen-bond donors (Lipinski definition) is 1. The Morgan fingerprint density at radius 1 is 1.14 bits per heavy atom. The molecule has 0 bridgehead atoms. The fourth-order valence-corrected chi connectivity index (χ4v) is 3.42. The van der Waals surface area contributed by atoms with Gasteiger partial charge in [0.1, 0.15) is 17.2 Å². The molecule has 4 rings (SSSR count). The third kappa shape index (κ3) is 3.05. The normalized spacial score (nSPS) is 11.3. The average molecular weight is 401 g/mol. The Labute approximate surface area is 163 Å². The third-order valence-corrected chi connectivity index (χ3v) is 4.95. The Hall–Kier alpha value is -3.14. The third-order valence-electron chi connectivity index (χ3n) is 4.37. The van der Waals surface area contributed by atoms with Crippen LogP contribution < -0.4 is 15.0 Å². The molecule has 0 aliphatic heterocycles. The van der Waals surface area contributed by atoms with Crippen molar-refractivity contribution < 1.29 is 13.4 Å². The average Bonchev–Trinajstić information content (AvgIpc) is 3.01. The lowest BCUT2D eigenvalue weighted by atomic mass is 10.1. The molecule has 3 aromatic heterocycles. The van der Waals surface area contributed by atoms with E-state index in [9.17, 15) is 8.68 Å². The largest absolute Gasteiger partial charge is 0.493 e. The molecule has 3 heterocycles. The molecule has 4 aromatic rings. The van der Waals surface area contributed by atoms with E-state index >= 15 is 0 Å². The van der Waals surface area contributed by atoms with Gasteiger partial charge in [-0.3, -0.25) is 4.79 Å². The maximum Gasteiger partial charge on any atom is 0.258 e. The van der Waals surface area contributed by atoms with Crippen molar-refractivity contribution in [2.75, 3.05) is 14.2 Å². The summed E-state index contributed by atoms with van der Waals surface area (Å²) < 4.78 is 24.9. The summed E-state index contributed by atoms with van der Waals surface area (Å²) in [7, 11) is 3.03. The van der Waals surface area contributed by atoms with Gasteiger partial charge in [-0.2, -0.15) is 0 Å². The number of aryl methyl sites for hydroxylation is 1. The Balaban J connectivity index is 1.75. The number of hydrogen-bond acceptors (Lipinski definition) is 7. The highest BCUT2D eigenvalue weighted by molar-refractivity contribution is 7.92. The Morgan fingerprint density at radius 3 is 2.61 bits per heavy atom. The zero-order valence-corrected chi connectivity index (χ0v) is 16.1. The van der Waals surface area contributed by atoms with E-state index in [0.29, 0.717) is 51.6 Å². The van der Waals surface area contributed by atoms with Crippen LogP contribution in [-0.4, -0.2) is 38.1 Å². The van der Waals surface area contributed by atoms with Crippen molar-refractivity contribution in [3.63, 3.8) is 0 Å². The van der Waals surface area contributed by atoms with Crippen LogP contribution in [-0.2, 0) is 6.42 Å². The van der Waals surface area contributed by atoms with Crippen LogP contribution in [0.15, 0.2) is 29.2 Å². The van der Waals surface area contributed by atoms with Gasteiger partial charge in [-0.1, -0.05) is 0 Å². The van der Waals surface area contributed by atoms with Crippen LogP contribution in [0.4, 0.5) is 3.89 Å². The number of pyridine rings is 1. The van der Waals surface area contributed by atoms with Crippen molar-refractivity contribution in [1.29, 1.82) is 0 Å². The number of rotatable bonds is 5. The van der Waals surface area contributed by atoms with Gasteiger partial charge in [0.05, 0.1) is 25.1 Å². The second kappa shape index (κ2) is 7.12. The summed E-state index contributed by atoms with van der Waals surface area (Å²) in [5.74, 6) is 1.94. The van der Waals surface area contributed by atoms with Gasteiger partial charge in [0.15, 0.2) is 29.5 Å². The minimum absolute atomic E-state index is 0.0609. The summed E-state index contributed by atoms with van der Waals surface area (Å²) in [5.41, 5.74) is 2.05. The quantitative estimate of drug-likeness (QED) is 0.549. The first-order chi connectivity index (χ1) is 13.5. The van der Waals surface area contributed by atoms with Gasteiger partial charge >= 0.3 is 0 Å². The summed E-state index contributed by atoms with van der Waals surface area (Å²) in [6.45, 7) is 1.71. The first kappa shape index (κ1) is 18.2. The van der Waals surface area contributed by atoms with E-state index in [1.54, 1.807) is 31.3 Å². The molecule has 0 atom stereocenters. The number of H-pyrrole nitrogens is 1. The first-order valence-electron chi connectivity index (χ1n) is 8.32. The van der Waals surface area contributed by atoms with Gasteiger partial charge in [-0.15, -0.1) is 3.89 Å². The molecule has 0 amide bonds. The second-order valence-corrected chi connectivity index (χ2v) is 6.63. The molecule has 0 radical (unpaired) electrons. The molecule has 0 fully saturated rings. The fraction of sp³-hybridized carbons (Fsp3) is 0.222. The van der Waals surface area contributed by atoms with Crippen molar-refractivity contribution in [3.8, 4) is 11.5 Å². The number of nitrogens with zero attached hydrogens (tertiary/aromatic N) is 4. The van der Waals surface area contributed by atoms with E-state index in [0.717, 1.165) is 5.56 Å². The number of nitrogens with one attached hydrogen (secondary N) is 1. The minimum Gasteiger partial charge on any atom is -0.493 e. The van der Waals surface area contributed by atoms with E-state index in [4.69, 9.17) is 9.47 Å². The number of fused-ring (bicyclic) bond motifs is 2. The monoisotopic (exact) mass is 401 g/mol. The lowest BCUT2D eigenvalue weighted by molar-refractivity contribution is 0.355. The van der Waals surface area contributed by atoms with Crippen LogP contribution in [0, 0.1) is 6.92 Å². The lowest BCUT2D eigenvalue weighted by Gasteiger charge is -2.09. The summed E-state index contributed by atoms with van der Waals surface area (Å²) in [6.07, 6.45) is 1.96. The summed E-state index contributed by atoms with van der Waals surface area (Å²) in [4.78, 5) is 28.4. The van der Waals surface area contributed by atoms with Crippen LogP contribution in [0.25, 0.3) is 22.1 Å². The molecule has 10 heteroatoms. The van der Waals surface area contributed by atoms with Crippen LogP contribution in [0.2, 0.25) is 0 Å². The number of benzene rings is 1. The molecule has 0 spiro atoms. The standard InChI is InChI=1S/C18H16FN5O3S/c1-9-21-13-4-10(8-20-17(13)24(9)28-19)5-16-22-12-7-15(27-3)14(26-2)6-11(12)18(25)23-16/h4,6-8H,5H2,1-3H3,(H,22,23,25). The molecular weight excluding hydrogens is 385 g/mol. The molecule has 0 aliphatic rings. The van der Waals surface area contributed by atoms with E-state index in [-0.39, 0.29) is 17.9 Å². The highest BCUT2D eigenvalue weighted by Gasteiger charge is 2.13. The number of methoxy groups -OCH3 is 2. The van der Waals surface area contributed by atoms with Crippen molar-refractivity contribution in [3.05, 3.63) is 52.0 Å². The van der Waals surface area contributed by atoms with Gasteiger partial charge in [0.2, 0.25) is 0 Å². The number of ether oxygens (including phenoxy) is 2. The van der Waals surface area contributed by atoms with Gasteiger partial charge in [-0.05, 0) is 24.6 Å². The molecule has 144 valence electrons. The smallest absolute Gasteiger partial charge is 0.258 e. The van der Waals surface area contributed by atoms with Crippen molar-refractivity contribution in [1.82, 2.24) is 23.9 Å². The van der Waals surface area contributed by atoms with Gasteiger partial charge < -0.3 is 14.5 Å². The second-order valence-electron chi connectivity index (χ2n) is 6.12. The SMILES string of the molecule is COc1cc2nc(Cc3cnc4c(c3)nc(C)n4SF)[nH]c(=O)c2cc1OC. The van der Waals surface area contributed by atoms with E-state index in [1.807, 2.05) is 0 Å². The van der Waals surface area contributed by atoms with Crippen molar-refractivity contribution in [2.24, 2.45) is 0 Å². The van der Waals surface area contributed by atoms with E-state index in [1.165, 1.54) is 18.2 Å². The minimum atomic E-state index is -0.274. The van der Waals surface area contributed by atoms with Gasteiger partial charge in [-0.25, -0.2) is 18.9 Å². The summed E-state index contributed by atoms with van der Waals surface area (Å²) in [5, 5.41) is 0.407. The predicted molar refractivity (Wildman–Crippen MR) is 105 cm³/mol.